The van der Waals surface area contributed by atoms with Crippen LogP contribution in [0.3, 0.4) is 0 Å². The van der Waals surface area contributed by atoms with Crippen molar-refractivity contribution in [1.82, 2.24) is 4.90 Å². The van der Waals surface area contributed by atoms with Gasteiger partial charge in [0, 0.05) is 25.6 Å². The first-order chi connectivity index (χ1) is 13.3. The molecule has 2 aromatic carbocycles. The third-order valence-corrected chi connectivity index (χ3v) is 5.16. The highest BCUT2D eigenvalue weighted by atomic mass is 16.5. The maximum absolute atomic E-state index is 11.2. The molecule has 2 atom stereocenters. The van der Waals surface area contributed by atoms with Crippen molar-refractivity contribution in [3.63, 3.8) is 0 Å². The second-order valence-corrected chi connectivity index (χ2v) is 7.15. The van der Waals surface area contributed by atoms with Crippen LogP contribution in [0.15, 0.2) is 54.6 Å². The molecule has 0 aromatic heterocycles. The van der Waals surface area contributed by atoms with Crippen molar-refractivity contribution in [3.8, 4) is 5.75 Å². The lowest BCUT2D eigenvalue weighted by atomic mass is 9.88. The standard InChI is InChI=1S/C23H31NO3/c1-2-3-15-27-21-11-9-20(10-12-21)23(25)22(19-7-5-4-6-8-19)18-24-13-16-26-17-14-24/h4-12,22-23,25H,2-3,13-18H2,1H3/t22-,23+/m1/s1. The van der Waals surface area contributed by atoms with E-state index in [-0.39, 0.29) is 5.92 Å². The first-order valence-corrected chi connectivity index (χ1v) is 10.0. The second kappa shape index (κ2) is 10.5. The Bertz CT molecular complexity index is 653. The van der Waals surface area contributed by atoms with E-state index >= 15 is 0 Å². The summed E-state index contributed by atoms with van der Waals surface area (Å²) in [5.41, 5.74) is 2.10. The van der Waals surface area contributed by atoms with Crippen LogP contribution in [0, 0.1) is 0 Å². The molecule has 1 aliphatic heterocycles. The topological polar surface area (TPSA) is 41.9 Å². The molecule has 1 N–H and O–H groups in total. The summed E-state index contributed by atoms with van der Waals surface area (Å²) in [6.45, 7) is 7.08. The van der Waals surface area contributed by atoms with Crippen LogP contribution in [0.1, 0.15) is 42.9 Å². The summed E-state index contributed by atoms with van der Waals surface area (Å²) in [5, 5.41) is 11.2. The summed E-state index contributed by atoms with van der Waals surface area (Å²) in [5.74, 6) is 0.889. The molecule has 0 bridgehead atoms. The summed E-state index contributed by atoms with van der Waals surface area (Å²) < 4.78 is 11.2. The van der Waals surface area contributed by atoms with E-state index in [2.05, 4.69) is 24.0 Å². The van der Waals surface area contributed by atoms with Gasteiger partial charge in [0.1, 0.15) is 5.75 Å². The zero-order valence-electron chi connectivity index (χ0n) is 16.2. The minimum Gasteiger partial charge on any atom is -0.494 e. The van der Waals surface area contributed by atoms with E-state index in [0.717, 1.165) is 63.6 Å². The summed E-state index contributed by atoms with van der Waals surface area (Å²) >= 11 is 0. The zero-order chi connectivity index (χ0) is 18.9. The number of aliphatic hydroxyl groups is 1. The molecule has 4 heteroatoms. The monoisotopic (exact) mass is 369 g/mol. The number of hydrogen-bond acceptors (Lipinski definition) is 4. The molecule has 1 saturated heterocycles. The molecule has 1 heterocycles. The first kappa shape index (κ1) is 19.9. The molecule has 0 amide bonds. The average Bonchev–Trinajstić information content (AvgIpc) is 2.74. The Balaban J connectivity index is 1.72. The highest BCUT2D eigenvalue weighted by molar-refractivity contribution is 5.32. The van der Waals surface area contributed by atoms with E-state index in [0.29, 0.717) is 0 Å². The van der Waals surface area contributed by atoms with Gasteiger partial charge in [0.2, 0.25) is 0 Å². The molecule has 2 aromatic rings. The first-order valence-electron chi connectivity index (χ1n) is 10.0. The van der Waals surface area contributed by atoms with E-state index in [1.807, 2.05) is 42.5 Å². The number of rotatable bonds is 9. The number of benzene rings is 2. The van der Waals surface area contributed by atoms with Crippen LogP contribution >= 0.6 is 0 Å². The molecule has 0 radical (unpaired) electrons. The average molecular weight is 370 g/mol. The molecule has 1 fully saturated rings. The van der Waals surface area contributed by atoms with E-state index in [1.54, 1.807) is 0 Å². The Kier molecular flexibility index (Phi) is 7.69. The Hall–Kier alpha value is -1.88. The fourth-order valence-electron chi connectivity index (χ4n) is 3.48. The maximum Gasteiger partial charge on any atom is 0.119 e. The van der Waals surface area contributed by atoms with Crippen LogP contribution in [-0.4, -0.2) is 49.5 Å². The largest absolute Gasteiger partial charge is 0.494 e. The van der Waals surface area contributed by atoms with E-state index in [4.69, 9.17) is 9.47 Å². The Morgan fingerprint density at radius 2 is 1.70 bits per heavy atom. The molecule has 1 aliphatic rings. The SMILES string of the molecule is CCCCOc1ccc([C@H](O)[C@H](CN2CCOCC2)c2ccccc2)cc1. The highest BCUT2D eigenvalue weighted by Gasteiger charge is 2.26. The van der Waals surface area contributed by atoms with Gasteiger partial charge in [-0.15, -0.1) is 0 Å². The molecule has 0 saturated carbocycles. The Morgan fingerprint density at radius 3 is 2.37 bits per heavy atom. The number of aliphatic hydroxyl groups excluding tert-OH is 1. The summed E-state index contributed by atoms with van der Waals surface area (Å²) in [6.07, 6.45) is 1.62. The van der Waals surface area contributed by atoms with Crippen LogP contribution < -0.4 is 4.74 Å². The fourth-order valence-corrected chi connectivity index (χ4v) is 3.48. The summed E-state index contributed by atoms with van der Waals surface area (Å²) in [4.78, 5) is 2.38. The molecular formula is C23H31NO3. The van der Waals surface area contributed by atoms with Crippen LogP contribution in [0.25, 0.3) is 0 Å². The van der Waals surface area contributed by atoms with Crippen molar-refractivity contribution in [2.24, 2.45) is 0 Å². The quantitative estimate of drug-likeness (QED) is 0.678. The molecule has 0 unspecified atom stereocenters. The third-order valence-electron chi connectivity index (χ3n) is 5.16. The molecule has 0 aliphatic carbocycles. The van der Waals surface area contributed by atoms with E-state index in [9.17, 15) is 5.11 Å². The number of morpholine rings is 1. The van der Waals surface area contributed by atoms with Gasteiger partial charge in [0.05, 0.1) is 25.9 Å². The van der Waals surface area contributed by atoms with Gasteiger partial charge in [-0.2, -0.15) is 0 Å². The predicted octanol–water partition coefficient (Wildman–Crippen LogP) is 4.01. The van der Waals surface area contributed by atoms with Crippen molar-refractivity contribution in [3.05, 3.63) is 65.7 Å². The van der Waals surface area contributed by atoms with Crippen molar-refractivity contribution >= 4 is 0 Å². The highest BCUT2D eigenvalue weighted by Crippen LogP contribution is 2.32. The molecule has 27 heavy (non-hydrogen) atoms. The summed E-state index contributed by atoms with van der Waals surface area (Å²) in [6, 6.07) is 18.2. The van der Waals surface area contributed by atoms with Gasteiger partial charge in [-0.3, -0.25) is 4.90 Å². The minimum atomic E-state index is -0.556. The van der Waals surface area contributed by atoms with Crippen LogP contribution in [0.2, 0.25) is 0 Å². The number of unbranched alkanes of at least 4 members (excludes halogenated alkanes) is 1. The van der Waals surface area contributed by atoms with Gasteiger partial charge in [0.15, 0.2) is 0 Å². The predicted molar refractivity (Wildman–Crippen MR) is 108 cm³/mol. The zero-order valence-corrected chi connectivity index (χ0v) is 16.2. The molecule has 4 nitrogen and oxygen atoms in total. The van der Waals surface area contributed by atoms with Gasteiger partial charge in [-0.25, -0.2) is 0 Å². The van der Waals surface area contributed by atoms with Gasteiger partial charge >= 0.3 is 0 Å². The van der Waals surface area contributed by atoms with Crippen molar-refractivity contribution in [2.75, 3.05) is 39.5 Å². The number of nitrogens with zero attached hydrogens (tertiary/aromatic N) is 1. The van der Waals surface area contributed by atoms with E-state index < -0.39 is 6.10 Å². The fraction of sp³-hybridized carbons (Fsp3) is 0.478. The molecular weight excluding hydrogens is 338 g/mol. The Morgan fingerprint density at radius 1 is 1.00 bits per heavy atom. The van der Waals surface area contributed by atoms with Gasteiger partial charge < -0.3 is 14.6 Å². The second-order valence-electron chi connectivity index (χ2n) is 7.15. The van der Waals surface area contributed by atoms with Crippen molar-refractivity contribution in [1.29, 1.82) is 0 Å². The molecule has 146 valence electrons. The Labute approximate surface area is 162 Å². The van der Waals surface area contributed by atoms with Crippen LogP contribution in [0.5, 0.6) is 5.75 Å². The maximum atomic E-state index is 11.2. The van der Waals surface area contributed by atoms with Gasteiger partial charge in [-0.05, 0) is 29.7 Å². The lowest BCUT2D eigenvalue weighted by Crippen LogP contribution is -2.39. The summed E-state index contributed by atoms with van der Waals surface area (Å²) in [7, 11) is 0. The number of ether oxygens (including phenoxy) is 2. The smallest absolute Gasteiger partial charge is 0.119 e. The van der Waals surface area contributed by atoms with E-state index in [1.165, 1.54) is 5.56 Å². The molecule has 0 spiro atoms. The van der Waals surface area contributed by atoms with Crippen LogP contribution in [0.4, 0.5) is 0 Å². The lowest BCUT2D eigenvalue weighted by molar-refractivity contribution is 0.0240. The van der Waals surface area contributed by atoms with Crippen molar-refractivity contribution < 1.29 is 14.6 Å². The van der Waals surface area contributed by atoms with Crippen LogP contribution in [-0.2, 0) is 4.74 Å². The number of hydrogen-bond donors (Lipinski definition) is 1. The minimum absolute atomic E-state index is 0.0242. The third kappa shape index (κ3) is 5.80. The molecule has 3 rings (SSSR count). The van der Waals surface area contributed by atoms with Crippen molar-refractivity contribution in [2.45, 2.75) is 31.8 Å². The lowest BCUT2D eigenvalue weighted by Gasteiger charge is -2.33. The van der Waals surface area contributed by atoms with Gasteiger partial charge in [0.25, 0.3) is 0 Å². The normalized spacial score (nSPS) is 17.4. The van der Waals surface area contributed by atoms with Gasteiger partial charge in [-0.1, -0.05) is 55.8 Å².